The van der Waals surface area contributed by atoms with Gasteiger partial charge in [-0.2, -0.15) is 0 Å². The molecule has 1 fully saturated rings. The Morgan fingerprint density at radius 2 is 2.20 bits per heavy atom. The molecule has 0 aromatic carbocycles. The van der Waals surface area contributed by atoms with E-state index in [4.69, 9.17) is 4.52 Å². The number of guanidine groups is 1. The molecule has 0 spiro atoms. The van der Waals surface area contributed by atoms with Crippen molar-refractivity contribution < 1.29 is 4.52 Å². The van der Waals surface area contributed by atoms with Crippen molar-refractivity contribution in [1.29, 1.82) is 0 Å². The van der Waals surface area contributed by atoms with Crippen molar-refractivity contribution in [3.63, 3.8) is 0 Å². The highest BCUT2D eigenvalue weighted by Crippen LogP contribution is 2.27. The Bertz CT molecular complexity index is 394. The highest BCUT2D eigenvalue weighted by Gasteiger charge is 2.21. The van der Waals surface area contributed by atoms with Crippen LogP contribution in [-0.2, 0) is 6.54 Å². The first-order valence-corrected chi connectivity index (χ1v) is 7.68. The van der Waals surface area contributed by atoms with Crippen molar-refractivity contribution in [3.05, 3.63) is 18.0 Å². The minimum Gasteiger partial charge on any atom is -0.364 e. The first kappa shape index (κ1) is 14.9. The molecular formula is C15H26N4O. The highest BCUT2D eigenvalue weighted by atomic mass is 16.5. The van der Waals surface area contributed by atoms with Crippen molar-refractivity contribution in [2.24, 2.45) is 10.9 Å². The zero-order valence-electron chi connectivity index (χ0n) is 12.6. The van der Waals surface area contributed by atoms with Crippen LogP contribution >= 0.6 is 0 Å². The lowest BCUT2D eigenvalue weighted by Crippen LogP contribution is -2.44. The first-order valence-electron chi connectivity index (χ1n) is 7.68. The van der Waals surface area contributed by atoms with Crippen molar-refractivity contribution in [2.45, 2.75) is 58.0 Å². The molecule has 1 heterocycles. The van der Waals surface area contributed by atoms with Gasteiger partial charge in [0.15, 0.2) is 5.96 Å². The predicted molar refractivity (Wildman–Crippen MR) is 80.5 cm³/mol. The molecule has 0 radical (unpaired) electrons. The summed E-state index contributed by atoms with van der Waals surface area (Å²) in [5.74, 6) is 1.79. The number of hydrogen-bond donors (Lipinski definition) is 2. The molecule has 0 unspecified atom stereocenters. The van der Waals surface area contributed by atoms with Crippen LogP contribution in [0.3, 0.4) is 0 Å². The fourth-order valence-corrected chi connectivity index (χ4v) is 2.89. The molecule has 2 N–H and O–H groups in total. The highest BCUT2D eigenvalue weighted by molar-refractivity contribution is 5.79. The third-order valence-corrected chi connectivity index (χ3v) is 4.04. The van der Waals surface area contributed by atoms with E-state index in [1.165, 1.54) is 38.5 Å². The van der Waals surface area contributed by atoms with Crippen molar-refractivity contribution in [3.8, 4) is 0 Å². The lowest BCUT2D eigenvalue weighted by atomic mass is 9.83. The van der Waals surface area contributed by atoms with Crippen LogP contribution in [0.1, 0.15) is 51.1 Å². The van der Waals surface area contributed by atoms with Crippen molar-refractivity contribution >= 4 is 5.96 Å². The number of aromatic nitrogens is 1. The average molecular weight is 278 g/mol. The standard InChI is InChI=1S/C15H26N4O/c1-3-4-12-5-7-13(8-6-12)18-15(16-2)17-11-14-9-10-20-19-14/h9-10,12-13H,3-8,11H2,1-2H3,(H2,16,17,18). The summed E-state index contributed by atoms with van der Waals surface area (Å²) < 4.78 is 4.81. The molecule has 0 atom stereocenters. The molecular weight excluding hydrogens is 252 g/mol. The second-order valence-electron chi connectivity index (χ2n) is 5.57. The maximum Gasteiger partial charge on any atom is 0.191 e. The van der Waals surface area contributed by atoms with Crippen LogP contribution in [0.2, 0.25) is 0 Å². The van der Waals surface area contributed by atoms with E-state index in [0.717, 1.165) is 17.6 Å². The summed E-state index contributed by atoms with van der Waals surface area (Å²) in [7, 11) is 1.81. The summed E-state index contributed by atoms with van der Waals surface area (Å²) in [5, 5.41) is 10.7. The third-order valence-electron chi connectivity index (χ3n) is 4.04. The molecule has 1 aliphatic carbocycles. The Labute approximate surface area is 121 Å². The lowest BCUT2D eigenvalue weighted by Gasteiger charge is -2.30. The van der Waals surface area contributed by atoms with Gasteiger partial charge in [-0.05, 0) is 31.6 Å². The normalized spacial score (nSPS) is 23.6. The number of rotatable bonds is 5. The van der Waals surface area contributed by atoms with E-state index >= 15 is 0 Å². The maximum atomic E-state index is 4.81. The van der Waals surface area contributed by atoms with Crippen LogP contribution in [-0.4, -0.2) is 24.2 Å². The molecule has 0 bridgehead atoms. The van der Waals surface area contributed by atoms with E-state index in [0.29, 0.717) is 12.6 Å². The molecule has 1 aromatic heterocycles. The van der Waals surface area contributed by atoms with E-state index in [2.05, 4.69) is 27.7 Å². The van der Waals surface area contributed by atoms with Gasteiger partial charge in [-0.25, -0.2) is 0 Å². The SMILES string of the molecule is CCCC1CCC(NC(=NC)NCc2ccon2)CC1. The van der Waals surface area contributed by atoms with E-state index in [-0.39, 0.29) is 0 Å². The van der Waals surface area contributed by atoms with Crippen molar-refractivity contribution in [2.75, 3.05) is 7.05 Å². The maximum absolute atomic E-state index is 4.81. The van der Waals surface area contributed by atoms with E-state index in [1.807, 2.05) is 6.07 Å². The van der Waals surface area contributed by atoms with E-state index in [9.17, 15) is 0 Å². The van der Waals surface area contributed by atoms with E-state index < -0.39 is 0 Å². The summed E-state index contributed by atoms with van der Waals surface area (Å²) >= 11 is 0. The molecule has 5 nitrogen and oxygen atoms in total. The van der Waals surface area contributed by atoms with Crippen molar-refractivity contribution in [1.82, 2.24) is 15.8 Å². The van der Waals surface area contributed by atoms with Gasteiger partial charge in [-0.1, -0.05) is 24.9 Å². The van der Waals surface area contributed by atoms with Crippen LogP contribution in [0.25, 0.3) is 0 Å². The van der Waals surface area contributed by atoms with Gasteiger partial charge >= 0.3 is 0 Å². The quantitative estimate of drug-likeness (QED) is 0.642. The Balaban J connectivity index is 1.71. The Morgan fingerprint density at radius 1 is 1.40 bits per heavy atom. The molecule has 0 saturated heterocycles. The number of nitrogens with zero attached hydrogens (tertiary/aromatic N) is 2. The third kappa shape index (κ3) is 4.54. The summed E-state index contributed by atoms with van der Waals surface area (Å²) in [6.45, 7) is 2.92. The molecule has 1 saturated carbocycles. The van der Waals surface area contributed by atoms with Gasteiger partial charge in [0, 0.05) is 19.2 Å². The number of nitrogens with one attached hydrogen (secondary N) is 2. The van der Waals surface area contributed by atoms with Gasteiger partial charge in [0.2, 0.25) is 0 Å². The molecule has 1 aromatic rings. The molecule has 1 aliphatic rings. The number of aliphatic imine (C=N–C) groups is 1. The summed E-state index contributed by atoms with van der Waals surface area (Å²) in [6.07, 6.45) is 9.44. The summed E-state index contributed by atoms with van der Waals surface area (Å²) in [6, 6.07) is 2.41. The van der Waals surface area contributed by atoms with Gasteiger partial charge in [0.05, 0.1) is 6.54 Å². The van der Waals surface area contributed by atoms with Gasteiger partial charge < -0.3 is 15.2 Å². The molecule has 20 heavy (non-hydrogen) atoms. The topological polar surface area (TPSA) is 62.5 Å². The van der Waals surface area contributed by atoms with Crippen LogP contribution in [0.15, 0.2) is 21.8 Å². The second-order valence-corrected chi connectivity index (χ2v) is 5.57. The van der Waals surface area contributed by atoms with Gasteiger partial charge in [0.1, 0.15) is 12.0 Å². The molecule has 2 rings (SSSR count). The fraction of sp³-hybridized carbons (Fsp3) is 0.733. The smallest absolute Gasteiger partial charge is 0.191 e. The zero-order chi connectivity index (χ0) is 14.2. The van der Waals surface area contributed by atoms with Gasteiger partial charge in [-0.15, -0.1) is 0 Å². The van der Waals surface area contributed by atoms with E-state index in [1.54, 1.807) is 13.3 Å². The van der Waals surface area contributed by atoms with Crippen LogP contribution in [0, 0.1) is 5.92 Å². The fourth-order valence-electron chi connectivity index (χ4n) is 2.89. The average Bonchev–Trinajstić information content (AvgIpc) is 2.99. The van der Waals surface area contributed by atoms with Gasteiger partial charge in [-0.3, -0.25) is 4.99 Å². The van der Waals surface area contributed by atoms with Crippen LogP contribution in [0.4, 0.5) is 0 Å². The zero-order valence-corrected chi connectivity index (χ0v) is 12.6. The Morgan fingerprint density at radius 3 is 2.80 bits per heavy atom. The lowest BCUT2D eigenvalue weighted by molar-refractivity contribution is 0.295. The largest absolute Gasteiger partial charge is 0.364 e. The second kappa shape index (κ2) is 7.92. The monoisotopic (exact) mass is 278 g/mol. The number of hydrogen-bond acceptors (Lipinski definition) is 3. The minimum atomic E-state index is 0.548. The summed E-state index contributed by atoms with van der Waals surface area (Å²) in [4.78, 5) is 4.27. The molecule has 112 valence electrons. The first-order chi connectivity index (χ1) is 9.81. The van der Waals surface area contributed by atoms with Crippen LogP contribution in [0.5, 0.6) is 0 Å². The molecule has 0 amide bonds. The minimum absolute atomic E-state index is 0.548. The Kier molecular flexibility index (Phi) is 5.89. The van der Waals surface area contributed by atoms with Crippen LogP contribution < -0.4 is 10.6 Å². The molecule has 5 heteroatoms. The summed E-state index contributed by atoms with van der Waals surface area (Å²) in [5.41, 5.74) is 0.889. The van der Waals surface area contributed by atoms with Gasteiger partial charge in [0.25, 0.3) is 0 Å². The molecule has 0 aliphatic heterocycles. The predicted octanol–water partition coefficient (Wildman–Crippen LogP) is 2.70. The Hall–Kier alpha value is -1.52.